The second-order valence-corrected chi connectivity index (χ2v) is 12.4. The predicted octanol–water partition coefficient (Wildman–Crippen LogP) is 5.13. The highest BCUT2D eigenvalue weighted by Crippen LogP contribution is 2.33. The SMILES string of the molecule is CCC(=O)OC(C)ON=[N+]([O-])N(C)[C@@H](CC(C)C)C(=O)NS(=O)(=O)c1ccc(-n2nc(C(F)(F)F)cc2-c2ccc(C)cc2)cc1. The number of halogens is 3. The van der Waals surface area contributed by atoms with Crippen molar-refractivity contribution in [2.75, 3.05) is 7.05 Å². The monoisotopic (exact) mass is 668 g/mol. The van der Waals surface area contributed by atoms with Gasteiger partial charge in [0.1, 0.15) is 0 Å². The molecule has 13 nitrogen and oxygen atoms in total. The summed E-state index contributed by atoms with van der Waals surface area (Å²) < 4.78 is 74.8. The maximum absolute atomic E-state index is 13.6. The first-order valence-corrected chi connectivity index (χ1v) is 15.6. The van der Waals surface area contributed by atoms with Crippen LogP contribution in [0.1, 0.15) is 51.8 Å². The number of esters is 1. The summed E-state index contributed by atoms with van der Waals surface area (Å²) in [6.45, 7) is 8.22. The van der Waals surface area contributed by atoms with Crippen molar-refractivity contribution in [1.82, 2.24) is 19.5 Å². The maximum Gasteiger partial charge on any atom is 0.435 e. The number of carbonyl (C=O) groups is 2. The van der Waals surface area contributed by atoms with Gasteiger partial charge in [0.2, 0.25) is 5.28 Å². The molecule has 0 radical (unpaired) electrons. The van der Waals surface area contributed by atoms with E-state index >= 15 is 0 Å². The second kappa shape index (κ2) is 14.6. The van der Waals surface area contributed by atoms with Crippen molar-refractivity contribution in [3.8, 4) is 16.9 Å². The number of sulfonamides is 1. The Labute approximate surface area is 264 Å². The van der Waals surface area contributed by atoms with Gasteiger partial charge in [-0.15, -0.1) is 5.01 Å². The van der Waals surface area contributed by atoms with E-state index in [-0.39, 0.29) is 40.0 Å². The lowest BCUT2D eigenvalue weighted by Crippen LogP contribution is -2.49. The maximum atomic E-state index is 13.6. The van der Waals surface area contributed by atoms with Gasteiger partial charge >= 0.3 is 12.1 Å². The average Bonchev–Trinajstić information content (AvgIpc) is 3.44. The summed E-state index contributed by atoms with van der Waals surface area (Å²) in [5.74, 6) is -1.81. The van der Waals surface area contributed by atoms with Crippen LogP contribution in [0.5, 0.6) is 0 Å². The quantitative estimate of drug-likeness (QED) is 0.0857. The number of carbonyl (C=O) groups excluding carboxylic acids is 2. The molecule has 0 spiro atoms. The van der Waals surface area contributed by atoms with E-state index in [1.807, 2.05) is 11.6 Å². The van der Waals surface area contributed by atoms with Crippen LogP contribution in [0.2, 0.25) is 0 Å². The first-order chi connectivity index (χ1) is 21.4. The number of nitrogens with zero attached hydrogens (tertiary/aromatic N) is 5. The van der Waals surface area contributed by atoms with Gasteiger partial charge in [-0.1, -0.05) is 50.6 Å². The lowest BCUT2D eigenvalue weighted by Gasteiger charge is -2.24. The summed E-state index contributed by atoms with van der Waals surface area (Å²) in [6, 6.07) is 11.1. The highest BCUT2D eigenvalue weighted by Gasteiger charge is 2.36. The van der Waals surface area contributed by atoms with Crippen LogP contribution in [0.15, 0.2) is 64.8 Å². The van der Waals surface area contributed by atoms with Crippen molar-refractivity contribution in [3.63, 3.8) is 0 Å². The minimum atomic E-state index is -4.73. The molecule has 17 heteroatoms. The van der Waals surface area contributed by atoms with Crippen LogP contribution in [0.25, 0.3) is 16.9 Å². The number of aromatic nitrogens is 2. The molecule has 1 heterocycles. The number of aryl methyl sites for hydroxylation is 1. The number of hydrazine groups is 1. The number of hydrogen-bond acceptors (Lipinski definition) is 9. The van der Waals surface area contributed by atoms with Crippen molar-refractivity contribution in [1.29, 1.82) is 0 Å². The lowest BCUT2D eigenvalue weighted by atomic mass is 10.0. The van der Waals surface area contributed by atoms with Crippen LogP contribution >= 0.6 is 0 Å². The third kappa shape index (κ3) is 9.18. The Balaban J connectivity index is 1.85. The largest absolute Gasteiger partial charge is 0.569 e. The van der Waals surface area contributed by atoms with Crippen molar-refractivity contribution in [3.05, 3.63) is 71.1 Å². The summed E-state index contributed by atoms with van der Waals surface area (Å²) in [5.41, 5.74) is 0.493. The fourth-order valence-electron chi connectivity index (χ4n) is 4.12. The van der Waals surface area contributed by atoms with Gasteiger partial charge in [0.15, 0.2) is 11.7 Å². The number of likely N-dealkylation sites (N-methyl/N-ethyl adjacent to an activating group) is 1. The Morgan fingerprint density at radius 2 is 1.72 bits per heavy atom. The number of hydrogen-bond donors (Lipinski definition) is 1. The highest BCUT2D eigenvalue weighted by atomic mass is 32.2. The molecule has 0 aliphatic carbocycles. The molecule has 2 atom stereocenters. The fourth-order valence-corrected chi connectivity index (χ4v) is 5.13. The number of rotatable bonds is 13. The Kier molecular flexibility index (Phi) is 11.4. The molecular weight excluding hydrogens is 633 g/mol. The Bertz CT molecular complexity index is 1660. The second-order valence-electron chi connectivity index (χ2n) is 10.7. The summed E-state index contributed by atoms with van der Waals surface area (Å²) in [6.07, 6.45) is -5.82. The van der Waals surface area contributed by atoms with Gasteiger partial charge < -0.3 is 9.94 Å². The van der Waals surface area contributed by atoms with Crippen LogP contribution in [-0.2, 0) is 35.4 Å². The van der Waals surface area contributed by atoms with Crippen LogP contribution in [0.4, 0.5) is 13.2 Å². The van der Waals surface area contributed by atoms with E-state index in [9.17, 15) is 36.4 Å². The van der Waals surface area contributed by atoms with Crippen molar-refractivity contribution in [2.45, 2.75) is 70.9 Å². The third-order valence-corrected chi connectivity index (χ3v) is 7.91. The molecule has 0 aliphatic rings. The highest BCUT2D eigenvalue weighted by molar-refractivity contribution is 7.90. The zero-order chi connectivity index (χ0) is 34.4. The van der Waals surface area contributed by atoms with Crippen molar-refractivity contribution < 1.29 is 45.7 Å². The molecule has 0 aliphatic heterocycles. The minimum Gasteiger partial charge on any atom is -0.569 e. The molecule has 1 unspecified atom stereocenters. The normalized spacial score (nSPS) is 13.7. The van der Waals surface area contributed by atoms with Crippen LogP contribution in [0.3, 0.4) is 0 Å². The van der Waals surface area contributed by atoms with E-state index < -0.39 is 46.1 Å². The Hall–Kier alpha value is -4.67. The van der Waals surface area contributed by atoms with Gasteiger partial charge in [-0.05, 0) is 49.6 Å². The number of benzene rings is 2. The number of ether oxygens (including phenoxy) is 1. The Morgan fingerprint density at radius 3 is 2.26 bits per heavy atom. The molecule has 0 saturated heterocycles. The average molecular weight is 669 g/mol. The van der Waals surface area contributed by atoms with E-state index in [1.54, 1.807) is 45.0 Å². The van der Waals surface area contributed by atoms with Gasteiger partial charge in [-0.3, -0.25) is 14.4 Å². The molecule has 0 fully saturated rings. The van der Waals surface area contributed by atoms with Gasteiger partial charge in [-0.2, -0.15) is 18.3 Å². The molecule has 3 rings (SSSR count). The van der Waals surface area contributed by atoms with Gasteiger partial charge in [0, 0.05) is 18.9 Å². The van der Waals surface area contributed by atoms with E-state index in [0.717, 1.165) is 33.5 Å². The summed E-state index contributed by atoms with van der Waals surface area (Å²) >= 11 is 0. The topological polar surface area (TPSA) is 158 Å². The molecular formula is C29H35F3N6O7S. The molecule has 3 aromatic rings. The standard InChI is InChI=1S/C29H35F3N6O7S/c1-7-27(39)44-20(5)45-35-38(41)36(6)25(16-18(2)3)28(40)34-46(42,43)23-14-12-22(13-15-23)37-24(17-26(33-37)29(30,31)32)21-10-8-19(4)9-11-21/h8-15,17-18,20,25H,7,16H2,1-6H3,(H,34,40)/t20?,25-/m0/s1. The van der Waals surface area contributed by atoms with E-state index in [2.05, 4.69) is 10.4 Å². The van der Waals surface area contributed by atoms with Crippen molar-refractivity contribution >= 4 is 21.9 Å². The summed E-state index contributed by atoms with van der Waals surface area (Å²) in [5, 5.41) is 20.4. The van der Waals surface area contributed by atoms with Crippen LogP contribution in [-0.4, -0.2) is 59.4 Å². The molecule has 1 aromatic heterocycles. The lowest BCUT2D eigenvalue weighted by molar-refractivity contribution is -0.712. The summed E-state index contributed by atoms with van der Waals surface area (Å²) in [4.78, 5) is 29.0. The zero-order valence-electron chi connectivity index (χ0n) is 26.0. The molecule has 0 bridgehead atoms. The van der Waals surface area contributed by atoms with Gasteiger partial charge in [0.25, 0.3) is 22.2 Å². The molecule has 1 N–H and O–H groups in total. The third-order valence-electron chi connectivity index (χ3n) is 6.54. The Morgan fingerprint density at radius 1 is 1.11 bits per heavy atom. The number of amides is 1. The molecule has 0 saturated carbocycles. The van der Waals surface area contributed by atoms with Crippen molar-refractivity contribution in [2.24, 2.45) is 11.2 Å². The molecule has 46 heavy (non-hydrogen) atoms. The smallest absolute Gasteiger partial charge is 0.435 e. The molecule has 2 aromatic carbocycles. The van der Waals surface area contributed by atoms with Crippen LogP contribution in [0, 0.1) is 18.0 Å². The molecule has 1 amide bonds. The fraction of sp³-hybridized carbons (Fsp3) is 0.414. The molecule has 250 valence electrons. The first kappa shape index (κ1) is 35.8. The first-order valence-electron chi connectivity index (χ1n) is 14.1. The van der Waals surface area contributed by atoms with Gasteiger partial charge in [0.05, 0.1) is 28.3 Å². The zero-order valence-corrected chi connectivity index (χ0v) is 26.8. The van der Waals surface area contributed by atoms with E-state index in [0.29, 0.717) is 5.56 Å². The number of alkyl halides is 3. The van der Waals surface area contributed by atoms with Crippen LogP contribution < -0.4 is 4.72 Å². The van der Waals surface area contributed by atoms with Gasteiger partial charge in [-0.25, -0.2) is 17.8 Å². The number of nitrogens with one attached hydrogen (secondary N) is 1. The minimum absolute atomic E-state index is 0.0358. The summed E-state index contributed by atoms with van der Waals surface area (Å²) in [7, 11) is -3.31. The van der Waals surface area contributed by atoms with E-state index in [1.165, 1.54) is 26.1 Å². The van der Waals surface area contributed by atoms with E-state index in [4.69, 9.17) is 9.57 Å². The predicted molar refractivity (Wildman–Crippen MR) is 158 cm³/mol.